The Morgan fingerprint density at radius 1 is 1.25 bits per heavy atom. The van der Waals surface area contributed by atoms with E-state index >= 15 is 0 Å². The molecule has 1 aromatic heterocycles. The van der Waals surface area contributed by atoms with Gasteiger partial charge in [-0.2, -0.15) is 0 Å². The summed E-state index contributed by atoms with van der Waals surface area (Å²) in [5.74, 6) is 0. The van der Waals surface area contributed by atoms with Gasteiger partial charge in [0.05, 0.1) is 8.61 Å². The van der Waals surface area contributed by atoms with Crippen LogP contribution in [-0.4, -0.2) is 0 Å². The zero-order valence-electron chi connectivity index (χ0n) is 8.51. The molecule has 0 saturated heterocycles. The van der Waals surface area contributed by atoms with Crippen molar-refractivity contribution in [3.8, 4) is 0 Å². The number of halogens is 3. The lowest BCUT2D eigenvalue weighted by atomic mass is 10.1. The maximum absolute atomic E-state index is 3.75. The van der Waals surface area contributed by atoms with E-state index in [4.69, 9.17) is 0 Å². The van der Waals surface area contributed by atoms with Gasteiger partial charge in [-0.15, -0.1) is 11.3 Å². The van der Waals surface area contributed by atoms with E-state index in [1.54, 1.807) is 11.3 Å². The normalized spacial score (nSPS) is 12.8. The van der Waals surface area contributed by atoms with Gasteiger partial charge in [-0.05, 0) is 74.8 Å². The van der Waals surface area contributed by atoms with Gasteiger partial charge in [0.25, 0.3) is 0 Å². The topological polar surface area (TPSA) is 0 Å². The fourth-order valence-corrected chi connectivity index (χ4v) is 4.06. The summed E-state index contributed by atoms with van der Waals surface area (Å²) in [5, 5.41) is 0. The van der Waals surface area contributed by atoms with Crippen molar-refractivity contribution in [1.82, 2.24) is 0 Å². The number of aryl methyl sites for hydroxylation is 1. The molecule has 0 nitrogen and oxygen atoms in total. The summed E-state index contributed by atoms with van der Waals surface area (Å²) in [6.45, 7) is 2.12. The minimum absolute atomic E-state index is 0.291. The highest BCUT2D eigenvalue weighted by atomic mass is 127. The van der Waals surface area contributed by atoms with Crippen LogP contribution in [0.4, 0.5) is 0 Å². The van der Waals surface area contributed by atoms with Crippen LogP contribution in [0.25, 0.3) is 0 Å². The number of hydrogen-bond acceptors (Lipinski definition) is 1. The maximum Gasteiger partial charge on any atom is 0.0738 e. The molecule has 16 heavy (non-hydrogen) atoms. The summed E-state index contributed by atoms with van der Waals surface area (Å²) < 4.78 is 2.49. The Hall–Kier alpha value is 0.610. The highest BCUT2D eigenvalue weighted by Crippen LogP contribution is 2.39. The Labute approximate surface area is 130 Å². The molecular formula is C12H9Br2IS. The van der Waals surface area contributed by atoms with E-state index in [1.807, 2.05) is 0 Å². The first-order chi connectivity index (χ1) is 7.58. The van der Waals surface area contributed by atoms with Crippen LogP contribution in [0.3, 0.4) is 0 Å². The zero-order chi connectivity index (χ0) is 11.7. The van der Waals surface area contributed by atoms with Crippen molar-refractivity contribution in [3.05, 3.63) is 53.7 Å². The van der Waals surface area contributed by atoms with Crippen LogP contribution in [0, 0.1) is 10.5 Å². The van der Waals surface area contributed by atoms with Crippen LogP contribution < -0.4 is 0 Å². The third-order valence-corrected chi connectivity index (χ3v) is 6.53. The summed E-state index contributed by atoms with van der Waals surface area (Å²) in [5.41, 5.74) is 2.60. The van der Waals surface area contributed by atoms with E-state index < -0.39 is 0 Å². The molecule has 1 aromatic carbocycles. The summed E-state index contributed by atoms with van der Waals surface area (Å²) in [7, 11) is 0. The van der Waals surface area contributed by atoms with Gasteiger partial charge in [0.15, 0.2) is 0 Å². The number of hydrogen-bond donors (Lipinski definition) is 0. The Bertz CT molecular complexity index is 471. The first-order valence-electron chi connectivity index (χ1n) is 4.73. The maximum atomic E-state index is 3.75. The van der Waals surface area contributed by atoms with Crippen molar-refractivity contribution in [2.24, 2.45) is 0 Å². The molecule has 2 rings (SSSR count). The molecule has 1 unspecified atom stereocenters. The smallest absolute Gasteiger partial charge is 0.0738 e. The van der Waals surface area contributed by atoms with E-state index in [-0.39, 0.29) is 0 Å². The molecule has 84 valence electrons. The summed E-state index contributed by atoms with van der Waals surface area (Å²) in [6.07, 6.45) is 0. The standard InChI is InChI=1S/C12H9Br2IS/c1-7-6-10(16-12(7)14)11(13)8-2-4-9(15)5-3-8/h2-6,11H,1H3. The third kappa shape index (κ3) is 2.89. The quantitative estimate of drug-likeness (QED) is 0.377. The molecule has 0 radical (unpaired) electrons. The second-order valence-electron chi connectivity index (χ2n) is 3.52. The Morgan fingerprint density at radius 3 is 2.38 bits per heavy atom. The Morgan fingerprint density at radius 2 is 1.88 bits per heavy atom. The van der Waals surface area contributed by atoms with E-state index in [9.17, 15) is 0 Å². The highest BCUT2D eigenvalue weighted by molar-refractivity contribution is 14.1. The largest absolute Gasteiger partial charge is 0.131 e. The van der Waals surface area contributed by atoms with Crippen molar-refractivity contribution in [2.45, 2.75) is 11.8 Å². The molecular weight excluding hydrogens is 463 g/mol. The Kier molecular flexibility index (Phi) is 4.49. The predicted molar refractivity (Wildman–Crippen MR) is 86.7 cm³/mol. The number of rotatable bonds is 2. The van der Waals surface area contributed by atoms with Crippen LogP contribution >= 0.6 is 65.8 Å². The molecule has 0 amide bonds. The monoisotopic (exact) mass is 470 g/mol. The van der Waals surface area contributed by atoms with Crippen LogP contribution in [0.5, 0.6) is 0 Å². The van der Waals surface area contributed by atoms with Gasteiger partial charge in [-0.3, -0.25) is 0 Å². The fraction of sp³-hybridized carbons (Fsp3) is 0.167. The van der Waals surface area contributed by atoms with Crippen molar-refractivity contribution < 1.29 is 0 Å². The lowest BCUT2D eigenvalue weighted by Gasteiger charge is -2.07. The highest BCUT2D eigenvalue weighted by Gasteiger charge is 2.14. The third-order valence-electron chi connectivity index (χ3n) is 2.29. The second kappa shape index (κ2) is 5.50. The summed E-state index contributed by atoms with van der Waals surface area (Å²) in [4.78, 5) is 1.63. The molecule has 0 bridgehead atoms. The molecule has 4 heteroatoms. The first kappa shape index (κ1) is 13.1. The number of benzene rings is 1. The van der Waals surface area contributed by atoms with Gasteiger partial charge in [-0.1, -0.05) is 28.1 Å². The molecule has 1 heterocycles. The minimum Gasteiger partial charge on any atom is -0.131 e. The fourth-order valence-electron chi connectivity index (χ4n) is 1.40. The van der Waals surface area contributed by atoms with Gasteiger partial charge in [-0.25, -0.2) is 0 Å². The zero-order valence-corrected chi connectivity index (χ0v) is 14.7. The van der Waals surface area contributed by atoms with Gasteiger partial charge < -0.3 is 0 Å². The number of thiophene rings is 1. The van der Waals surface area contributed by atoms with Crippen LogP contribution in [0.15, 0.2) is 34.1 Å². The number of alkyl halides is 1. The molecule has 0 fully saturated rings. The minimum atomic E-state index is 0.291. The van der Waals surface area contributed by atoms with Crippen molar-refractivity contribution in [2.75, 3.05) is 0 Å². The van der Waals surface area contributed by atoms with E-state index in [0.717, 1.165) is 0 Å². The van der Waals surface area contributed by atoms with E-state index in [1.165, 1.54) is 23.4 Å². The molecule has 0 saturated carbocycles. The molecule has 0 aliphatic rings. The van der Waals surface area contributed by atoms with E-state index in [0.29, 0.717) is 4.83 Å². The molecule has 0 N–H and O–H groups in total. The predicted octanol–water partition coefficient (Wildman–Crippen LogP) is 5.91. The molecule has 0 aliphatic carbocycles. The molecule has 0 aliphatic heterocycles. The average Bonchev–Trinajstić information content (AvgIpc) is 2.59. The van der Waals surface area contributed by atoms with Crippen molar-refractivity contribution >= 4 is 65.8 Å². The van der Waals surface area contributed by atoms with Gasteiger partial charge in [0, 0.05) is 8.45 Å². The second-order valence-corrected chi connectivity index (χ2v) is 8.08. The summed E-state index contributed by atoms with van der Waals surface area (Å²) in [6, 6.07) is 10.8. The first-order valence-corrected chi connectivity index (χ1v) is 8.33. The lowest BCUT2D eigenvalue weighted by Crippen LogP contribution is -1.89. The van der Waals surface area contributed by atoms with E-state index in [2.05, 4.69) is 91.7 Å². The van der Waals surface area contributed by atoms with Gasteiger partial charge >= 0.3 is 0 Å². The molecule has 2 aromatic rings. The Balaban J connectivity index is 2.31. The SMILES string of the molecule is Cc1cc(C(Br)c2ccc(I)cc2)sc1Br. The molecule has 0 spiro atoms. The van der Waals surface area contributed by atoms with Crippen molar-refractivity contribution in [1.29, 1.82) is 0 Å². The summed E-state index contributed by atoms with van der Waals surface area (Å²) >= 11 is 11.4. The van der Waals surface area contributed by atoms with Crippen LogP contribution in [0.1, 0.15) is 20.8 Å². The van der Waals surface area contributed by atoms with Crippen LogP contribution in [0.2, 0.25) is 0 Å². The average molecular weight is 472 g/mol. The van der Waals surface area contributed by atoms with Gasteiger partial charge in [0.1, 0.15) is 0 Å². The van der Waals surface area contributed by atoms with Gasteiger partial charge in [0.2, 0.25) is 0 Å². The lowest BCUT2D eigenvalue weighted by molar-refractivity contribution is 1.22. The molecule has 1 atom stereocenters. The van der Waals surface area contributed by atoms with Crippen LogP contribution in [-0.2, 0) is 0 Å². The van der Waals surface area contributed by atoms with Crippen molar-refractivity contribution in [3.63, 3.8) is 0 Å².